The molecule has 9 nitrogen and oxygen atoms in total. The number of fused-ring (bicyclic) bond motifs is 1. The van der Waals surface area contributed by atoms with Gasteiger partial charge in [0.05, 0.1) is 32.8 Å². The molecule has 3 aromatic carbocycles. The van der Waals surface area contributed by atoms with Gasteiger partial charge in [0.1, 0.15) is 30.2 Å². The van der Waals surface area contributed by atoms with E-state index in [4.69, 9.17) is 24.7 Å². The summed E-state index contributed by atoms with van der Waals surface area (Å²) >= 11 is 0. The van der Waals surface area contributed by atoms with Gasteiger partial charge in [-0.1, -0.05) is 91.0 Å². The second-order valence-electron chi connectivity index (χ2n) is 9.67. The molecule has 1 unspecified atom stereocenters. The number of nitrogen functional groups attached to an aromatic ring is 1. The van der Waals surface area contributed by atoms with E-state index in [1.165, 1.54) is 6.33 Å². The third-order valence-corrected chi connectivity index (χ3v) is 6.91. The van der Waals surface area contributed by atoms with E-state index in [1.54, 1.807) is 6.33 Å². The number of nitrogens with zero attached hydrogens (tertiary/aromatic N) is 4. The Labute approximate surface area is 232 Å². The smallest absolute Gasteiger partial charge is 0.167 e. The van der Waals surface area contributed by atoms with Crippen LogP contribution in [-0.4, -0.2) is 44.4 Å². The molecule has 0 bridgehead atoms. The van der Waals surface area contributed by atoms with Gasteiger partial charge in [0, 0.05) is 0 Å². The first-order chi connectivity index (χ1) is 19.8. The summed E-state index contributed by atoms with van der Waals surface area (Å²) in [6.07, 6.45) is 1.20. The van der Waals surface area contributed by atoms with Crippen molar-refractivity contribution in [3.63, 3.8) is 0 Å². The fourth-order valence-corrected chi connectivity index (χ4v) is 4.90. The molecular formula is C31H31N5O4. The number of benzene rings is 3. The van der Waals surface area contributed by atoms with Gasteiger partial charge in [0.2, 0.25) is 0 Å². The van der Waals surface area contributed by atoms with Gasteiger partial charge in [-0.2, -0.15) is 0 Å². The molecule has 0 spiro atoms. The standard InChI is InChI=1S/C31H31N5O4/c32-29-26-30(34-20-33-29)36(21-35-26)31-28(39-18-24-14-8-3-9-15-24)27(38-17-23-12-6-2-7-13-23)25(40-31)19-37-16-22-10-4-1-5-11-22/h1-15,20-21,25,27-28,31H,16-19H2,(H2,32,33,34)/t25-,27?,28-,31-/m1/s1. The second-order valence-corrected chi connectivity index (χ2v) is 9.67. The Morgan fingerprint density at radius 3 is 1.90 bits per heavy atom. The van der Waals surface area contributed by atoms with Crippen molar-refractivity contribution < 1.29 is 18.9 Å². The first-order valence-corrected chi connectivity index (χ1v) is 13.3. The molecule has 3 heterocycles. The fourth-order valence-electron chi connectivity index (χ4n) is 4.90. The highest BCUT2D eigenvalue weighted by Crippen LogP contribution is 2.37. The van der Waals surface area contributed by atoms with Crippen LogP contribution in [-0.2, 0) is 38.8 Å². The van der Waals surface area contributed by atoms with E-state index in [9.17, 15) is 0 Å². The molecule has 204 valence electrons. The zero-order valence-electron chi connectivity index (χ0n) is 22.0. The summed E-state index contributed by atoms with van der Waals surface area (Å²) in [7, 11) is 0. The molecule has 1 aliphatic heterocycles. The third kappa shape index (κ3) is 5.88. The molecule has 5 aromatic rings. The highest BCUT2D eigenvalue weighted by atomic mass is 16.6. The summed E-state index contributed by atoms with van der Waals surface area (Å²) in [5.74, 6) is 0.308. The number of hydrogen-bond acceptors (Lipinski definition) is 8. The normalized spacial score (nSPS) is 20.7. The predicted molar refractivity (Wildman–Crippen MR) is 150 cm³/mol. The van der Waals surface area contributed by atoms with E-state index in [0.29, 0.717) is 43.4 Å². The number of imidazole rings is 1. The first-order valence-electron chi connectivity index (χ1n) is 13.3. The molecule has 0 radical (unpaired) electrons. The van der Waals surface area contributed by atoms with Crippen LogP contribution >= 0.6 is 0 Å². The highest BCUT2D eigenvalue weighted by Gasteiger charge is 2.48. The van der Waals surface area contributed by atoms with Gasteiger partial charge < -0.3 is 24.7 Å². The van der Waals surface area contributed by atoms with Crippen molar-refractivity contribution in [3.8, 4) is 0 Å². The van der Waals surface area contributed by atoms with Gasteiger partial charge in [-0.25, -0.2) is 15.0 Å². The van der Waals surface area contributed by atoms with Crippen molar-refractivity contribution in [1.82, 2.24) is 19.5 Å². The van der Waals surface area contributed by atoms with Crippen molar-refractivity contribution in [2.24, 2.45) is 0 Å². The number of aromatic nitrogens is 4. The van der Waals surface area contributed by atoms with Crippen LogP contribution in [0.1, 0.15) is 22.9 Å². The van der Waals surface area contributed by atoms with E-state index in [2.05, 4.69) is 15.0 Å². The average molecular weight is 538 g/mol. The molecule has 6 rings (SSSR count). The minimum Gasteiger partial charge on any atom is -0.382 e. The zero-order chi connectivity index (χ0) is 27.1. The van der Waals surface area contributed by atoms with Crippen molar-refractivity contribution in [3.05, 3.63) is 120 Å². The van der Waals surface area contributed by atoms with Gasteiger partial charge >= 0.3 is 0 Å². The molecular weight excluding hydrogens is 506 g/mol. The topological polar surface area (TPSA) is 107 Å². The zero-order valence-corrected chi connectivity index (χ0v) is 22.0. The predicted octanol–water partition coefficient (Wildman–Crippen LogP) is 4.69. The average Bonchev–Trinajstić information content (AvgIpc) is 3.58. The number of rotatable bonds is 11. The van der Waals surface area contributed by atoms with E-state index < -0.39 is 24.5 Å². The van der Waals surface area contributed by atoms with Gasteiger partial charge in [-0.3, -0.25) is 4.57 Å². The lowest BCUT2D eigenvalue weighted by molar-refractivity contribution is -0.0913. The lowest BCUT2D eigenvalue weighted by Gasteiger charge is -2.25. The first kappa shape index (κ1) is 26.1. The van der Waals surface area contributed by atoms with Crippen LogP contribution in [0.3, 0.4) is 0 Å². The van der Waals surface area contributed by atoms with Crippen LogP contribution in [0.4, 0.5) is 5.82 Å². The summed E-state index contributed by atoms with van der Waals surface area (Å²) in [6, 6.07) is 30.2. The number of nitrogens with two attached hydrogens (primary N) is 1. The Hall–Kier alpha value is -4.15. The summed E-state index contributed by atoms with van der Waals surface area (Å²) in [4.78, 5) is 13.0. The molecule has 2 N–H and O–H groups in total. The Balaban J connectivity index is 1.29. The molecule has 2 aromatic heterocycles. The quantitative estimate of drug-likeness (QED) is 0.259. The molecule has 4 atom stereocenters. The van der Waals surface area contributed by atoms with Crippen LogP contribution in [0.15, 0.2) is 104 Å². The number of ether oxygens (including phenoxy) is 4. The molecule has 1 saturated heterocycles. The maximum Gasteiger partial charge on any atom is 0.167 e. The van der Waals surface area contributed by atoms with E-state index >= 15 is 0 Å². The number of hydrogen-bond donors (Lipinski definition) is 1. The Bertz CT molecular complexity index is 1500. The summed E-state index contributed by atoms with van der Waals surface area (Å²) < 4.78 is 27.7. The van der Waals surface area contributed by atoms with Crippen LogP contribution in [0.5, 0.6) is 0 Å². The molecule has 1 aliphatic rings. The highest BCUT2D eigenvalue weighted by molar-refractivity contribution is 5.81. The molecule has 0 aliphatic carbocycles. The second kappa shape index (κ2) is 12.4. The largest absolute Gasteiger partial charge is 0.382 e. The lowest BCUT2D eigenvalue weighted by Crippen LogP contribution is -2.38. The van der Waals surface area contributed by atoms with Crippen LogP contribution in [0.25, 0.3) is 11.2 Å². The van der Waals surface area contributed by atoms with Gasteiger partial charge in [0.25, 0.3) is 0 Å². The van der Waals surface area contributed by atoms with Crippen LogP contribution in [0.2, 0.25) is 0 Å². The fraction of sp³-hybridized carbons (Fsp3) is 0.258. The van der Waals surface area contributed by atoms with Gasteiger partial charge in [0.15, 0.2) is 17.7 Å². The Kier molecular flexibility index (Phi) is 8.06. The molecule has 1 fully saturated rings. The molecule has 40 heavy (non-hydrogen) atoms. The Morgan fingerprint density at radius 1 is 0.700 bits per heavy atom. The maximum atomic E-state index is 6.64. The SMILES string of the molecule is Nc1ncnc2c1ncn2[C@@H]1O[C@H](COCc2ccccc2)C(OCc2ccccc2)[C@H]1OCc1ccccc1. The molecule has 9 heteroatoms. The summed E-state index contributed by atoms with van der Waals surface area (Å²) in [5.41, 5.74) is 10.4. The summed E-state index contributed by atoms with van der Waals surface area (Å²) in [6.45, 7) is 1.57. The van der Waals surface area contributed by atoms with Crippen molar-refractivity contribution in [1.29, 1.82) is 0 Å². The van der Waals surface area contributed by atoms with Gasteiger partial charge in [-0.15, -0.1) is 0 Å². The van der Waals surface area contributed by atoms with Crippen LogP contribution in [0, 0.1) is 0 Å². The third-order valence-electron chi connectivity index (χ3n) is 6.91. The molecule has 0 saturated carbocycles. The minimum atomic E-state index is -0.575. The minimum absolute atomic E-state index is 0.308. The Morgan fingerprint density at radius 2 is 1.27 bits per heavy atom. The number of anilines is 1. The monoisotopic (exact) mass is 537 g/mol. The van der Waals surface area contributed by atoms with Crippen molar-refractivity contribution in [2.75, 3.05) is 12.3 Å². The van der Waals surface area contributed by atoms with E-state index in [1.807, 2.05) is 95.6 Å². The van der Waals surface area contributed by atoms with E-state index in [-0.39, 0.29) is 0 Å². The summed E-state index contributed by atoms with van der Waals surface area (Å²) in [5, 5.41) is 0. The lowest BCUT2D eigenvalue weighted by atomic mass is 10.1. The maximum absolute atomic E-state index is 6.64. The van der Waals surface area contributed by atoms with Crippen LogP contribution < -0.4 is 5.73 Å². The van der Waals surface area contributed by atoms with E-state index in [0.717, 1.165) is 16.7 Å². The van der Waals surface area contributed by atoms with Crippen molar-refractivity contribution in [2.45, 2.75) is 44.4 Å². The molecule has 0 amide bonds. The van der Waals surface area contributed by atoms with Crippen molar-refractivity contribution >= 4 is 17.0 Å². The van der Waals surface area contributed by atoms with Gasteiger partial charge in [-0.05, 0) is 16.7 Å².